The summed E-state index contributed by atoms with van der Waals surface area (Å²) < 4.78 is 18.4. The summed E-state index contributed by atoms with van der Waals surface area (Å²) in [5, 5.41) is 5.53. The Kier molecular flexibility index (Phi) is 4.46. The molecule has 2 aromatic carbocycles. The van der Waals surface area contributed by atoms with Crippen LogP contribution in [0, 0.1) is 5.82 Å². The maximum Gasteiger partial charge on any atom is 0.265 e. The summed E-state index contributed by atoms with van der Waals surface area (Å²) in [5.41, 5.74) is 1.80. The standard InChI is InChI=1S/C18H17FN2O3/c1-11-17(22)21-15-4-2-3-14(16(15)24-11)18(23)20-10-9-12-5-7-13(19)8-6-12/h2-8,11H,9-10H2,1H3,(H,20,23)(H,21,22). The van der Waals surface area contributed by atoms with Gasteiger partial charge < -0.3 is 15.4 Å². The predicted molar refractivity (Wildman–Crippen MR) is 87.6 cm³/mol. The lowest BCUT2D eigenvalue weighted by Crippen LogP contribution is -2.36. The summed E-state index contributed by atoms with van der Waals surface area (Å²) in [6, 6.07) is 11.2. The number of hydrogen-bond acceptors (Lipinski definition) is 3. The second kappa shape index (κ2) is 6.70. The third-order valence-corrected chi connectivity index (χ3v) is 3.79. The van der Waals surface area contributed by atoms with Gasteiger partial charge in [0.05, 0.1) is 11.3 Å². The molecule has 24 heavy (non-hydrogen) atoms. The zero-order valence-electron chi connectivity index (χ0n) is 13.1. The maximum atomic E-state index is 12.9. The van der Waals surface area contributed by atoms with Crippen LogP contribution in [0.5, 0.6) is 5.75 Å². The lowest BCUT2D eigenvalue weighted by atomic mass is 10.1. The van der Waals surface area contributed by atoms with Crippen molar-refractivity contribution in [2.24, 2.45) is 0 Å². The van der Waals surface area contributed by atoms with Crippen LogP contribution in [-0.4, -0.2) is 24.5 Å². The Labute approximate surface area is 138 Å². The molecule has 5 nitrogen and oxygen atoms in total. The molecule has 1 atom stereocenters. The van der Waals surface area contributed by atoms with Crippen LogP contribution < -0.4 is 15.4 Å². The first kappa shape index (κ1) is 16.0. The molecule has 2 aromatic rings. The minimum absolute atomic E-state index is 0.239. The number of hydrogen-bond donors (Lipinski definition) is 2. The van der Waals surface area contributed by atoms with Gasteiger partial charge in [0.25, 0.3) is 11.8 Å². The molecule has 0 radical (unpaired) electrons. The Morgan fingerprint density at radius 1 is 1.25 bits per heavy atom. The zero-order chi connectivity index (χ0) is 17.1. The van der Waals surface area contributed by atoms with Gasteiger partial charge in [0.2, 0.25) is 0 Å². The molecule has 1 aliphatic heterocycles. The van der Waals surface area contributed by atoms with Crippen molar-refractivity contribution in [1.82, 2.24) is 5.32 Å². The van der Waals surface area contributed by atoms with Gasteiger partial charge in [0, 0.05) is 6.54 Å². The first-order valence-electron chi connectivity index (χ1n) is 7.68. The van der Waals surface area contributed by atoms with Crippen molar-refractivity contribution >= 4 is 17.5 Å². The van der Waals surface area contributed by atoms with E-state index in [1.54, 1.807) is 37.3 Å². The number of benzene rings is 2. The molecule has 0 aliphatic carbocycles. The van der Waals surface area contributed by atoms with E-state index in [2.05, 4.69) is 10.6 Å². The van der Waals surface area contributed by atoms with Gasteiger partial charge in [-0.1, -0.05) is 18.2 Å². The highest BCUT2D eigenvalue weighted by Crippen LogP contribution is 2.33. The van der Waals surface area contributed by atoms with Crippen LogP contribution in [0.25, 0.3) is 0 Å². The fourth-order valence-electron chi connectivity index (χ4n) is 2.47. The van der Waals surface area contributed by atoms with Gasteiger partial charge in [0.1, 0.15) is 5.82 Å². The number of rotatable bonds is 4. The summed E-state index contributed by atoms with van der Waals surface area (Å²) in [5.74, 6) is -0.426. The second-order valence-corrected chi connectivity index (χ2v) is 5.56. The van der Waals surface area contributed by atoms with Gasteiger partial charge in [-0.2, -0.15) is 0 Å². The molecule has 124 valence electrons. The molecule has 0 saturated carbocycles. The van der Waals surface area contributed by atoms with Crippen LogP contribution in [-0.2, 0) is 11.2 Å². The van der Waals surface area contributed by atoms with Crippen molar-refractivity contribution in [2.75, 3.05) is 11.9 Å². The van der Waals surface area contributed by atoms with Crippen molar-refractivity contribution in [2.45, 2.75) is 19.4 Å². The number of fused-ring (bicyclic) bond motifs is 1. The first-order valence-corrected chi connectivity index (χ1v) is 7.68. The van der Waals surface area contributed by atoms with E-state index < -0.39 is 6.10 Å². The van der Waals surface area contributed by atoms with Gasteiger partial charge in [-0.25, -0.2) is 4.39 Å². The number of ether oxygens (including phenoxy) is 1. The molecule has 2 amide bonds. The van der Waals surface area contributed by atoms with E-state index in [0.29, 0.717) is 30.0 Å². The molecule has 0 fully saturated rings. The van der Waals surface area contributed by atoms with E-state index in [1.165, 1.54) is 12.1 Å². The maximum absolute atomic E-state index is 12.9. The van der Waals surface area contributed by atoms with Crippen molar-refractivity contribution < 1.29 is 18.7 Å². The monoisotopic (exact) mass is 328 g/mol. The van der Waals surface area contributed by atoms with Gasteiger partial charge in [0.15, 0.2) is 11.9 Å². The minimum Gasteiger partial charge on any atom is -0.478 e. The lowest BCUT2D eigenvalue weighted by Gasteiger charge is -2.25. The molecular weight excluding hydrogens is 311 g/mol. The van der Waals surface area contributed by atoms with E-state index in [0.717, 1.165) is 5.56 Å². The van der Waals surface area contributed by atoms with Crippen LogP contribution in [0.2, 0.25) is 0 Å². The lowest BCUT2D eigenvalue weighted by molar-refractivity contribution is -0.122. The van der Waals surface area contributed by atoms with Crippen molar-refractivity contribution in [3.63, 3.8) is 0 Å². The number of para-hydroxylation sites is 1. The summed E-state index contributed by atoms with van der Waals surface area (Å²) in [4.78, 5) is 24.0. The van der Waals surface area contributed by atoms with Gasteiger partial charge in [-0.3, -0.25) is 9.59 Å². The number of carbonyl (C=O) groups excluding carboxylic acids is 2. The average Bonchev–Trinajstić information content (AvgIpc) is 2.57. The van der Waals surface area contributed by atoms with Crippen LogP contribution in [0.15, 0.2) is 42.5 Å². The molecule has 1 aliphatic rings. The Balaban J connectivity index is 1.66. The average molecular weight is 328 g/mol. The fraction of sp³-hybridized carbons (Fsp3) is 0.222. The fourth-order valence-corrected chi connectivity index (χ4v) is 2.47. The third-order valence-electron chi connectivity index (χ3n) is 3.79. The Hall–Kier alpha value is -2.89. The normalized spacial score (nSPS) is 15.9. The molecule has 0 saturated heterocycles. The largest absolute Gasteiger partial charge is 0.478 e. The van der Waals surface area contributed by atoms with E-state index in [1.807, 2.05) is 0 Å². The van der Waals surface area contributed by atoms with Crippen molar-refractivity contribution in [1.29, 1.82) is 0 Å². The highest BCUT2D eigenvalue weighted by molar-refractivity contribution is 6.03. The van der Waals surface area contributed by atoms with Crippen molar-refractivity contribution in [3.8, 4) is 5.75 Å². The zero-order valence-corrected chi connectivity index (χ0v) is 13.1. The van der Waals surface area contributed by atoms with Gasteiger partial charge >= 0.3 is 0 Å². The van der Waals surface area contributed by atoms with E-state index in [-0.39, 0.29) is 17.6 Å². The third kappa shape index (κ3) is 3.37. The molecule has 1 unspecified atom stereocenters. The highest BCUT2D eigenvalue weighted by Gasteiger charge is 2.27. The molecule has 2 N–H and O–H groups in total. The molecule has 0 spiro atoms. The number of halogens is 1. The number of anilines is 1. The van der Waals surface area contributed by atoms with Crippen LogP contribution in [0.3, 0.4) is 0 Å². The first-order chi connectivity index (χ1) is 11.5. The molecule has 6 heteroatoms. The predicted octanol–water partition coefficient (Wildman–Crippen LogP) is 2.52. The molecule has 1 heterocycles. The molecular formula is C18H17FN2O3. The molecule has 0 bridgehead atoms. The minimum atomic E-state index is -0.648. The number of carbonyl (C=O) groups is 2. The van der Waals surface area contributed by atoms with Gasteiger partial charge in [-0.15, -0.1) is 0 Å². The smallest absolute Gasteiger partial charge is 0.265 e. The number of nitrogens with one attached hydrogen (secondary N) is 2. The molecule has 3 rings (SSSR count). The Morgan fingerprint density at radius 2 is 2.00 bits per heavy atom. The highest BCUT2D eigenvalue weighted by atomic mass is 19.1. The second-order valence-electron chi connectivity index (χ2n) is 5.56. The topological polar surface area (TPSA) is 67.4 Å². The van der Waals surface area contributed by atoms with Gasteiger partial charge in [-0.05, 0) is 43.2 Å². The van der Waals surface area contributed by atoms with Crippen LogP contribution in [0.1, 0.15) is 22.8 Å². The summed E-state index contributed by atoms with van der Waals surface area (Å²) in [7, 11) is 0. The van der Waals surface area contributed by atoms with Crippen LogP contribution >= 0.6 is 0 Å². The Morgan fingerprint density at radius 3 is 2.75 bits per heavy atom. The molecule has 0 aromatic heterocycles. The summed E-state index contributed by atoms with van der Waals surface area (Å²) in [6.45, 7) is 2.04. The SMILES string of the molecule is CC1Oc2c(cccc2C(=O)NCCc2ccc(F)cc2)NC1=O. The number of amides is 2. The van der Waals surface area contributed by atoms with Crippen LogP contribution in [0.4, 0.5) is 10.1 Å². The van der Waals surface area contributed by atoms with Crippen molar-refractivity contribution in [3.05, 3.63) is 59.4 Å². The Bertz CT molecular complexity index is 774. The van der Waals surface area contributed by atoms with E-state index in [9.17, 15) is 14.0 Å². The summed E-state index contributed by atoms with van der Waals surface area (Å²) >= 11 is 0. The van der Waals surface area contributed by atoms with E-state index >= 15 is 0 Å². The summed E-state index contributed by atoms with van der Waals surface area (Å²) in [6.07, 6.45) is -0.0552. The van der Waals surface area contributed by atoms with E-state index in [4.69, 9.17) is 4.74 Å². The quantitative estimate of drug-likeness (QED) is 0.906.